The highest BCUT2D eigenvalue weighted by atomic mass is 35.5. The maximum atomic E-state index is 13.2. The van der Waals surface area contributed by atoms with Gasteiger partial charge in [-0.1, -0.05) is 18.9 Å². The average molecular weight is 347 g/mol. The molecule has 0 unspecified atom stereocenters. The van der Waals surface area contributed by atoms with Crippen LogP contribution in [0.5, 0.6) is 11.5 Å². The lowest BCUT2D eigenvalue weighted by Gasteiger charge is -2.35. The lowest BCUT2D eigenvalue weighted by molar-refractivity contribution is -0.286. The zero-order valence-electron chi connectivity index (χ0n) is 12.8. The predicted octanol–water partition coefficient (Wildman–Crippen LogP) is 3.18. The number of ether oxygens (including phenoxy) is 2. The molecular weight excluding hydrogens is 326 g/mol. The molecular formula is C16H21ClF2N2O2. The Labute approximate surface area is 140 Å². The van der Waals surface area contributed by atoms with Crippen molar-refractivity contribution in [2.45, 2.75) is 31.6 Å². The molecule has 2 fully saturated rings. The largest absolute Gasteiger partial charge is 0.586 e. The van der Waals surface area contributed by atoms with Crippen LogP contribution in [0.3, 0.4) is 0 Å². The number of hydrogen-bond acceptors (Lipinski definition) is 4. The molecule has 4 rings (SSSR count). The zero-order chi connectivity index (χ0) is 15.2. The Bertz CT molecular complexity index is 563. The molecule has 1 aromatic rings. The van der Waals surface area contributed by atoms with Gasteiger partial charge in [-0.3, -0.25) is 4.90 Å². The van der Waals surface area contributed by atoms with Gasteiger partial charge in [0.05, 0.1) is 0 Å². The van der Waals surface area contributed by atoms with Crippen LogP contribution < -0.4 is 14.8 Å². The lowest BCUT2D eigenvalue weighted by atomic mass is 9.98. The molecule has 1 aromatic carbocycles. The highest BCUT2D eigenvalue weighted by Crippen LogP contribution is 2.45. The molecule has 0 aromatic heterocycles. The minimum absolute atomic E-state index is 0. The Morgan fingerprint density at radius 2 is 1.87 bits per heavy atom. The number of piperazine rings is 1. The number of fused-ring (bicyclic) bond motifs is 1. The van der Waals surface area contributed by atoms with Gasteiger partial charge in [0.25, 0.3) is 0 Å². The van der Waals surface area contributed by atoms with Crippen molar-refractivity contribution in [1.82, 2.24) is 10.2 Å². The number of halogens is 3. The third kappa shape index (κ3) is 3.70. The van der Waals surface area contributed by atoms with Crippen LogP contribution in [-0.2, 0) is 0 Å². The molecule has 3 aliphatic rings. The van der Waals surface area contributed by atoms with E-state index in [0.717, 1.165) is 44.1 Å². The molecule has 0 radical (unpaired) electrons. The summed E-state index contributed by atoms with van der Waals surface area (Å²) >= 11 is 0. The summed E-state index contributed by atoms with van der Waals surface area (Å²) in [4.78, 5) is 2.45. The summed E-state index contributed by atoms with van der Waals surface area (Å²) in [5.41, 5.74) is 1.05. The van der Waals surface area contributed by atoms with Crippen LogP contribution in [0, 0.1) is 5.92 Å². The summed E-state index contributed by atoms with van der Waals surface area (Å²) in [5.74, 6) is 1.05. The van der Waals surface area contributed by atoms with Crippen molar-refractivity contribution in [3.05, 3.63) is 23.8 Å². The number of alkyl halides is 2. The Balaban J connectivity index is 0.00000156. The molecule has 23 heavy (non-hydrogen) atoms. The van der Waals surface area contributed by atoms with E-state index in [-0.39, 0.29) is 29.9 Å². The first-order chi connectivity index (χ1) is 10.6. The van der Waals surface area contributed by atoms with Gasteiger partial charge in [0, 0.05) is 32.2 Å². The third-order valence-corrected chi connectivity index (χ3v) is 4.66. The fraction of sp³-hybridized carbons (Fsp3) is 0.625. The Morgan fingerprint density at radius 1 is 1.17 bits per heavy atom. The predicted molar refractivity (Wildman–Crippen MR) is 84.4 cm³/mol. The van der Waals surface area contributed by atoms with Gasteiger partial charge in [0.2, 0.25) is 0 Å². The molecule has 2 heterocycles. The van der Waals surface area contributed by atoms with E-state index in [4.69, 9.17) is 0 Å². The Morgan fingerprint density at radius 3 is 2.57 bits per heavy atom. The standard InChI is InChI=1S/C16H20F2N2O2.ClH/c17-16(18)21-14-4-3-12(10-15(14)22-16)13(9-11-1-2-11)20-7-5-19-6-8-20;/h3-4,10-11,13,19H,1-2,5-9H2;1H/t13-;/m1./s1. The molecule has 1 aliphatic carbocycles. The highest BCUT2D eigenvalue weighted by Gasteiger charge is 2.43. The van der Waals surface area contributed by atoms with Crippen LogP contribution >= 0.6 is 12.4 Å². The monoisotopic (exact) mass is 346 g/mol. The van der Waals surface area contributed by atoms with E-state index in [2.05, 4.69) is 19.7 Å². The number of benzene rings is 1. The fourth-order valence-corrected chi connectivity index (χ4v) is 3.33. The molecule has 2 aliphatic heterocycles. The second kappa shape index (κ2) is 6.42. The maximum Gasteiger partial charge on any atom is 0.586 e. The van der Waals surface area contributed by atoms with Gasteiger partial charge in [0.1, 0.15) is 0 Å². The van der Waals surface area contributed by atoms with E-state index in [9.17, 15) is 8.78 Å². The summed E-state index contributed by atoms with van der Waals surface area (Å²) in [6, 6.07) is 5.51. The van der Waals surface area contributed by atoms with E-state index in [1.165, 1.54) is 12.8 Å². The van der Waals surface area contributed by atoms with E-state index in [0.29, 0.717) is 0 Å². The van der Waals surface area contributed by atoms with Gasteiger partial charge < -0.3 is 14.8 Å². The normalized spacial score (nSPS) is 24.1. The smallest absolute Gasteiger partial charge is 0.395 e. The first-order valence-electron chi connectivity index (χ1n) is 7.95. The minimum Gasteiger partial charge on any atom is -0.395 e. The van der Waals surface area contributed by atoms with Gasteiger partial charge in [-0.05, 0) is 30.0 Å². The van der Waals surface area contributed by atoms with Crippen molar-refractivity contribution >= 4 is 12.4 Å². The Kier molecular flexibility index (Phi) is 4.67. The summed E-state index contributed by atoms with van der Waals surface area (Å²) in [6.07, 6.45) is 0.119. The SMILES string of the molecule is Cl.FC1(F)Oc2ccc([C@@H](CC3CC3)N3CCNCC3)cc2O1. The van der Waals surface area contributed by atoms with E-state index in [1.54, 1.807) is 12.1 Å². The van der Waals surface area contributed by atoms with Crippen LogP contribution in [0.2, 0.25) is 0 Å². The molecule has 7 heteroatoms. The second-order valence-corrected chi connectivity index (χ2v) is 6.35. The van der Waals surface area contributed by atoms with Crippen LogP contribution in [0.4, 0.5) is 8.78 Å². The number of nitrogens with one attached hydrogen (secondary N) is 1. The van der Waals surface area contributed by atoms with E-state index in [1.807, 2.05) is 6.07 Å². The first-order valence-corrected chi connectivity index (χ1v) is 7.95. The fourth-order valence-electron chi connectivity index (χ4n) is 3.33. The average Bonchev–Trinajstić information content (AvgIpc) is 3.26. The molecule has 0 spiro atoms. The quantitative estimate of drug-likeness (QED) is 0.908. The third-order valence-electron chi connectivity index (χ3n) is 4.66. The van der Waals surface area contributed by atoms with Crippen LogP contribution in [0.1, 0.15) is 30.9 Å². The van der Waals surface area contributed by atoms with Crippen molar-refractivity contribution in [3.63, 3.8) is 0 Å². The molecule has 4 nitrogen and oxygen atoms in total. The van der Waals surface area contributed by atoms with Gasteiger partial charge >= 0.3 is 6.29 Å². The summed E-state index contributed by atoms with van der Waals surface area (Å²) in [7, 11) is 0. The van der Waals surface area contributed by atoms with Crippen LogP contribution in [0.25, 0.3) is 0 Å². The van der Waals surface area contributed by atoms with E-state index >= 15 is 0 Å². The first kappa shape index (κ1) is 16.7. The molecule has 1 N–H and O–H groups in total. The molecule has 1 saturated carbocycles. The number of hydrogen-bond donors (Lipinski definition) is 1. The van der Waals surface area contributed by atoms with E-state index < -0.39 is 6.29 Å². The van der Waals surface area contributed by atoms with Gasteiger partial charge in [0.15, 0.2) is 11.5 Å². The highest BCUT2D eigenvalue weighted by molar-refractivity contribution is 5.85. The molecule has 128 valence electrons. The summed E-state index contributed by atoms with van der Waals surface area (Å²) in [6.45, 7) is 3.93. The van der Waals surface area contributed by atoms with Crippen molar-refractivity contribution in [1.29, 1.82) is 0 Å². The van der Waals surface area contributed by atoms with Crippen LogP contribution in [-0.4, -0.2) is 37.4 Å². The lowest BCUT2D eigenvalue weighted by Crippen LogP contribution is -2.45. The van der Waals surface area contributed by atoms with Crippen molar-refractivity contribution < 1.29 is 18.3 Å². The Hall–Kier alpha value is -1.11. The summed E-state index contributed by atoms with van der Waals surface area (Å²) < 4.78 is 35.5. The molecule has 0 bridgehead atoms. The topological polar surface area (TPSA) is 33.7 Å². The molecule has 1 saturated heterocycles. The van der Waals surface area contributed by atoms with Crippen molar-refractivity contribution in [2.75, 3.05) is 26.2 Å². The zero-order valence-corrected chi connectivity index (χ0v) is 13.6. The molecule has 0 amide bonds. The second-order valence-electron chi connectivity index (χ2n) is 6.35. The number of nitrogens with zero attached hydrogens (tertiary/aromatic N) is 1. The van der Waals surface area contributed by atoms with Crippen molar-refractivity contribution in [2.24, 2.45) is 5.92 Å². The maximum absolute atomic E-state index is 13.2. The summed E-state index contributed by atoms with van der Waals surface area (Å²) in [5, 5.41) is 3.36. The van der Waals surface area contributed by atoms with Crippen LogP contribution in [0.15, 0.2) is 18.2 Å². The van der Waals surface area contributed by atoms with Gasteiger partial charge in [-0.15, -0.1) is 21.2 Å². The van der Waals surface area contributed by atoms with Gasteiger partial charge in [-0.25, -0.2) is 0 Å². The van der Waals surface area contributed by atoms with Crippen molar-refractivity contribution in [3.8, 4) is 11.5 Å². The minimum atomic E-state index is -3.54. The number of rotatable bonds is 4. The molecule has 1 atom stereocenters. The van der Waals surface area contributed by atoms with Gasteiger partial charge in [-0.2, -0.15) is 0 Å².